The predicted octanol–water partition coefficient (Wildman–Crippen LogP) is 1.79. The number of methoxy groups -OCH3 is 1. The van der Waals surface area contributed by atoms with E-state index in [1.54, 1.807) is 7.11 Å². The minimum atomic E-state index is 0.106. The monoisotopic (exact) mass is 234 g/mol. The number of aliphatic hydroxyl groups is 1. The Balaban J connectivity index is 2.62. The van der Waals surface area contributed by atoms with E-state index in [1.165, 1.54) is 11.1 Å². The summed E-state index contributed by atoms with van der Waals surface area (Å²) < 4.78 is 7.16. The standard InChI is InChI=1S/C13H18N2O2/c1-9-6-11-12(7-10(9)2)15(4-5-16)13(14-11)8-17-3/h6-7,16H,4-5,8H2,1-3H3. The Morgan fingerprint density at radius 1 is 1.29 bits per heavy atom. The number of benzene rings is 1. The lowest BCUT2D eigenvalue weighted by Gasteiger charge is -2.07. The molecule has 0 atom stereocenters. The molecule has 0 aliphatic heterocycles. The molecule has 1 aromatic carbocycles. The molecule has 0 saturated heterocycles. The van der Waals surface area contributed by atoms with Gasteiger partial charge in [-0.3, -0.25) is 0 Å². The first-order valence-electron chi connectivity index (χ1n) is 5.73. The van der Waals surface area contributed by atoms with Crippen LogP contribution in [-0.4, -0.2) is 28.4 Å². The summed E-state index contributed by atoms with van der Waals surface area (Å²) in [4.78, 5) is 4.55. The average molecular weight is 234 g/mol. The quantitative estimate of drug-likeness (QED) is 0.877. The largest absolute Gasteiger partial charge is 0.395 e. The number of aryl methyl sites for hydroxylation is 2. The molecular formula is C13H18N2O2. The highest BCUT2D eigenvalue weighted by molar-refractivity contribution is 5.78. The molecule has 0 unspecified atom stereocenters. The second kappa shape index (κ2) is 4.85. The molecule has 17 heavy (non-hydrogen) atoms. The first-order valence-corrected chi connectivity index (χ1v) is 5.73. The molecule has 0 spiro atoms. The van der Waals surface area contributed by atoms with E-state index >= 15 is 0 Å². The lowest BCUT2D eigenvalue weighted by Crippen LogP contribution is -2.07. The summed E-state index contributed by atoms with van der Waals surface area (Å²) in [5, 5.41) is 9.12. The summed E-state index contributed by atoms with van der Waals surface area (Å²) in [6, 6.07) is 4.20. The molecule has 0 fully saturated rings. The van der Waals surface area contributed by atoms with Crippen molar-refractivity contribution in [2.45, 2.75) is 27.0 Å². The minimum Gasteiger partial charge on any atom is -0.395 e. The van der Waals surface area contributed by atoms with Crippen LogP contribution in [0.5, 0.6) is 0 Å². The topological polar surface area (TPSA) is 47.3 Å². The van der Waals surface area contributed by atoms with Crippen LogP contribution in [0.15, 0.2) is 12.1 Å². The third kappa shape index (κ3) is 2.18. The van der Waals surface area contributed by atoms with Gasteiger partial charge in [0.05, 0.1) is 17.6 Å². The molecule has 4 nitrogen and oxygen atoms in total. The molecule has 0 aliphatic rings. The van der Waals surface area contributed by atoms with Crippen molar-refractivity contribution in [3.05, 3.63) is 29.1 Å². The number of fused-ring (bicyclic) bond motifs is 1. The van der Waals surface area contributed by atoms with Crippen molar-refractivity contribution in [2.24, 2.45) is 0 Å². The van der Waals surface area contributed by atoms with E-state index in [1.807, 2.05) is 4.57 Å². The van der Waals surface area contributed by atoms with Crippen molar-refractivity contribution in [1.29, 1.82) is 0 Å². The Kier molecular flexibility index (Phi) is 3.45. The molecule has 4 heteroatoms. The highest BCUT2D eigenvalue weighted by atomic mass is 16.5. The first-order chi connectivity index (χ1) is 8.17. The Hall–Kier alpha value is -1.39. The maximum absolute atomic E-state index is 9.12. The highest BCUT2D eigenvalue weighted by Gasteiger charge is 2.11. The van der Waals surface area contributed by atoms with Gasteiger partial charge in [0.15, 0.2) is 0 Å². The fraction of sp³-hybridized carbons (Fsp3) is 0.462. The molecule has 0 aliphatic carbocycles. The molecule has 0 bridgehead atoms. The first kappa shape index (κ1) is 12.1. The van der Waals surface area contributed by atoms with Crippen molar-refractivity contribution in [2.75, 3.05) is 13.7 Å². The lowest BCUT2D eigenvalue weighted by molar-refractivity contribution is 0.172. The zero-order valence-electron chi connectivity index (χ0n) is 10.5. The van der Waals surface area contributed by atoms with Gasteiger partial charge in [-0.25, -0.2) is 4.98 Å². The SMILES string of the molecule is COCc1nc2cc(C)c(C)cc2n1CCO. The van der Waals surface area contributed by atoms with Crippen molar-refractivity contribution in [3.8, 4) is 0 Å². The third-order valence-corrected chi connectivity index (χ3v) is 3.04. The summed E-state index contributed by atoms with van der Waals surface area (Å²) in [5.41, 5.74) is 4.50. The molecule has 1 aromatic heterocycles. The van der Waals surface area contributed by atoms with E-state index in [2.05, 4.69) is 31.0 Å². The number of aliphatic hydroxyl groups excluding tert-OH is 1. The number of aromatic nitrogens is 2. The summed E-state index contributed by atoms with van der Waals surface area (Å²) in [6.07, 6.45) is 0. The van der Waals surface area contributed by atoms with Gasteiger partial charge < -0.3 is 14.4 Å². The summed E-state index contributed by atoms with van der Waals surface area (Å²) in [7, 11) is 1.65. The second-order valence-corrected chi connectivity index (χ2v) is 4.26. The number of hydrogen-bond donors (Lipinski definition) is 1. The number of hydrogen-bond acceptors (Lipinski definition) is 3. The van der Waals surface area contributed by atoms with Gasteiger partial charge in [-0.05, 0) is 37.1 Å². The Bertz CT molecular complexity index is 532. The van der Waals surface area contributed by atoms with E-state index in [0.29, 0.717) is 13.2 Å². The van der Waals surface area contributed by atoms with Crippen LogP contribution in [0.25, 0.3) is 11.0 Å². The van der Waals surface area contributed by atoms with Crippen LogP contribution in [0.4, 0.5) is 0 Å². The van der Waals surface area contributed by atoms with Crippen molar-refractivity contribution >= 4 is 11.0 Å². The zero-order valence-corrected chi connectivity index (χ0v) is 10.5. The van der Waals surface area contributed by atoms with Gasteiger partial charge in [0, 0.05) is 13.7 Å². The third-order valence-electron chi connectivity index (χ3n) is 3.04. The smallest absolute Gasteiger partial charge is 0.136 e. The number of imidazole rings is 1. The van der Waals surface area contributed by atoms with Gasteiger partial charge in [0.1, 0.15) is 12.4 Å². The zero-order chi connectivity index (χ0) is 12.4. The molecular weight excluding hydrogens is 216 g/mol. The molecule has 92 valence electrons. The summed E-state index contributed by atoms with van der Waals surface area (Å²) in [6.45, 7) is 5.29. The second-order valence-electron chi connectivity index (χ2n) is 4.26. The molecule has 2 aromatic rings. The lowest BCUT2D eigenvalue weighted by atomic mass is 10.1. The van der Waals surface area contributed by atoms with Crippen molar-refractivity contribution < 1.29 is 9.84 Å². The highest BCUT2D eigenvalue weighted by Crippen LogP contribution is 2.21. The predicted molar refractivity (Wildman–Crippen MR) is 67.0 cm³/mol. The summed E-state index contributed by atoms with van der Waals surface area (Å²) >= 11 is 0. The molecule has 0 saturated carbocycles. The Morgan fingerprint density at radius 3 is 2.65 bits per heavy atom. The van der Waals surface area contributed by atoms with E-state index in [4.69, 9.17) is 9.84 Å². The fourth-order valence-electron chi connectivity index (χ4n) is 2.02. The van der Waals surface area contributed by atoms with Gasteiger partial charge in [0.25, 0.3) is 0 Å². The van der Waals surface area contributed by atoms with Crippen molar-refractivity contribution in [1.82, 2.24) is 9.55 Å². The molecule has 1 N–H and O–H groups in total. The van der Waals surface area contributed by atoms with Crippen LogP contribution in [-0.2, 0) is 17.9 Å². The number of nitrogens with zero attached hydrogens (tertiary/aromatic N) is 2. The Labute approximate surface area is 101 Å². The van der Waals surface area contributed by atoms with Gasteiger partial charge in [0.2, 0.25) is 0 Å². The number of rotatable bonds is 4. The van der Waals surface area contributed by atoms with Crippen LogP contribution in [0.1, 0.15) is 17.0 Å². The molecule has 2 rings (SSSR count). The Morgan fingerprint density at radius 2 is 2.00 bits per heavy atom. The molecule has 0 amide bonds. The van der Waals surface area contributed by atoms with Crippen LogP contribution in [0.2, 0.25) is 0 Å². The van der Waals surface area contributed by atoms with Crippen LogP contribution >= 0.6 is 0 Å². The number of ether oxygens (including phenoxy) is 1. The van der Waals surface area contributed by atoms with Gasteiger partial charge in [-0.15, -0.1) is 0 Å². The van der Waals surface area contributed by atoms with E-state index in [0.717, 1.165) is 16.9 Å². The van der Waals surface area contributed by atoms with E-state index in [-0.39, 0.29) is 6.61 Å². The van der Waals surface area contributed by atoms with Crippen LogP contribution in [0.3, 0.4) is 0 Å². The van der Waals surface area contributed by atoms with Gasteiger partial charge >= 0.3 is 0 Å². The van der Waals surface area contributed by atoms with Crippen LogP contribution < -0.4 is 0 Å². The van der Waals surface area contributed by atoms with Gasteiger partial charge in [-0.2, -0.15) is 0 Å². The average Bonchev–Trinajstić information content (AvgIpc) is 2.59. The minimum absolute atomic E-state index is 0.106. The molecule has 0 radical (unpaired) electrons. The van der Waals surface area contributed by atoms with Crippen LogP contribution in [0, 0.1) is 13.8 Å². The molecule has 1 heterocycles. The normalized spacial score (nSPS) is 11.3. The fourth-order valence-corrected chi connectivity index (χ4v) is 2.02. The van der Waals surface area contributed by atoms with Gasteiger partial charge in [-0.1, -0.05) is 0 Å². The van der Waals surface area contributed by atoms with E-state index < -0.39 is 0 Å². The van der Waals surface area contributed by atoms with E-state index in [9.17, 15) is 0 Å². The summed E-state index contributed by atoms with van der Waals surface area (Å²) in [5.74, 6) is 0.863. The maximum Gasteiger partial charge on any atom is 0.136 e. The van der Waals surface area contributed by atoms with Crippen molar-refractivity contribution in [3.63, 3.8) is 0 Å². The maximum atomic E-state index is 9.12.